The van der Waals surface area contributed by atoms with Crippen LogP contribution in [0.15, 0.2) is 0 Å². The molecule has 0 bridgehead atoms. The van der Waals surface area contributed by atoms with Gasteiger partial charge in [0.1, 0.15) is 0 Å². The predicted octanol–water partition coefficient (Wildman–Crippen LogP) is 2.84. The summed E-state index contributed by atoms with van der Waals surface area (Å²) in [5, 5.41) is 0. The van der Waals surface area contributed by atoms with E-state index >= 15 is 0 Å². The first-order valence-corrected chi connectivity index (χ1v) is 6.39. The highest BCUT2D eigenvalue weighted by Gasteiger charge is 2.15. The average Bonchev–Trinajstić information content (AvgIpc) is 2.10. The van der Waals surface area contributed by atoms with Crippen molar-refractivity contribution in [3.05, 3.63) is 0 Å². The summed E-state index contributed by atoms with van der Waals surface area (Å²) in [7, 11) is 0. The summed E-state index contributed by atoms with van der Waals surface area (Å²) in [6, 6.07) is 1.96. The molecule has 2 heteroatoms. The van der Waals surface area contributed by atoms with Crippen molar-refractivity contribution in [2.45, 2.75) is 66.6 Å². The third-order valence-corrected chi connectivity index (χ3v) is 3.11. The van der Waals surface area contributed by atoms with Gasteiger partial charge in [0.25, 0.3) is 0 Å². The second-order valence-corrected chi connectivity index (χ2v) is 5.15. The van der Waals surface area contributed by atoms with E-state index < -0.39 is 0 Å². The highest BCUT2D eigenvalue weighted by atomic mass is 15.2. The molecule has 0 radical (unpaired) electrons. The van der Waals surface area contributed by atoms with Crippen LogP contribution in [0.5, 0.6) is 0 Å². The largest absolute Gasteiger partial charge is 0.300 e. The minimum absolute atomic E-state index is 0.649. The molecule has 0 saturated carbocycles. The van der Waals surface area contributed by atoms with Crippen LogP contribution in [-0.4, -0.2) is 47.6 Å². The van der Waals surface area contributed by atoms with E-state index in [1.807, 2.05) is 0 Å². The fourth-order valence-corrected chi connectivity index (χ4v) is 2.14. The molecule has 0 saturated heterocycles. The van der Waals surface area contributed by atoms with E-state index in [4.69, 9.17) is 0 Å². The van der Waals surface area contributed by atoms with Crippen LogP contribution in [-0.2, 0) is 0 Å². The summed E-state index contributed by atoms with van der Waals surface area (Å²) < 4.78 is 0. The lowest BCUT2D eigenvalue weighted by Gasteiger charge is -2.34. The first kappa shape index (κ1) is 14.9. The highest BCUT2D eigenvalue weighted by molar-refractivity contribution is 4.70. The molecule has 0 unspecified atom stereocenters. The van der Waals surface area contributed by atoms with Gasteiger partial charge in [0.15, 0.2) is 0 Å². The fraction of sp³-hybridized carbons (Fsp3) is 1.00. The second kappa shape index (κ2) is 7.24. The topological polar surface area (TPSA) is 6.48 Å². The molecule has 0 N–H and O–H groups in total. The predicted molar refractivity (Wildman–Crippen MR) is 69.4 cm³/mol. The van der Waals surface area contributed by atoms with Crippen LogP contribution < -0.4 is 0 Å². The van der Waals surface area contributed by atoms with Gasteiger partial charge in [0.05, 0.1) is 0 Å². The smallest absolute Gasteiger partial charge is 0.0115 e. The Labute approximate surface area is 96.6 Å². The molecule has 0 rings (SSSR count). The molecule has 0 aromatic heterocycles. The average molecular weight is 214 g/mol. The van der Waals surface area contributed by atoms with Crippen molar-refractivity contribution in [1.82, 2.24) is 9.80 Å². The monoisotopic (exact) mass is 214 g/mol. The molecule has 0 aliphatic heterocycles. The zero-order valence-electron chi connectivity index (χ0n) is 11.7. The molecule has 0 amide bonds. The first-order chi connectivity index (χ1) is 6.90. The van der Waals surface area contributed by atoms with Gasteiger partial charge in [-0.1, -0.05) is 6.92 Å². The van der Waals surface area contributed by atoms with Gasteiger partial charge >= 0.3 is 0 Å². The van der Waals surface area contributed by atoms with Gasteiger partial charge in [0, 0.05) is 31.2 Å². The van der Waals surface area contributed by atoms with E-state index in [2.05, 4.69) is 58.3 Å². The van der Waals surface area contributed by atoms with Crippen molar-refractivity contribution in [3.8, 4) is 0 Å². The van der Waals surface area contributed by atoms with Gasteiger partial charge < -0.3 is 0 Å². The molecule has 0 aliphatic carbocycles. The number of hydrogen-bond acceptors (Lipinski definition) is 2. The number of likely N-dealkylation sites (N-methyl/N-ethyl adjacent to an activating group) is 1. The van der Waals surface area contributed by atoms with Crippen LogP contribution >= 0.6 is 0 Å². The molecule has 0 spiro atoms. The van der Waals surface area contributed by atoms with E-state index in [9.17, 15) is 0 Å². The zero-order chi connectivity index (χ0) is 12.0. The Balaban J connectivity index is 4.08. The number of hydrogen-bond donors (Lipinski definition) is 0. The third kappa shape index (κ3) is 5.53. The van der Waals surface area contributed by atoms with Gasteiger partial charge in [0.2, 0.25) is 0 Å². The summed E-state index contributed by atoms with van der Waals surface area (Å²) in [6.07, 6.45) is 0. The Bertz CT molecular complexity index is 145. The molecule has 2 nitrogen and oxygen atoms in total. The maximum atomic E-state index is 2.56. The summed E-state index contributed by atoms with van der Waals surface area (Å²) in [5.74, 6) is 0. The number of rotatable bonds is 7. The Morgan fingerprint density at radius 1 is 0.733 bits per heavy atom. The Morgan fingerprint density at radius 3 is 1.47 bits per heavy atom. The second-order valence-electron chi connectivity index (χ2n) is 5.15. The van der Waals surface area contributed by atoms with Crippen LogP contribution in [0.3, 0.4) is 0 Å². The maximum Gasteiger partial charge on any atom is 0.0115 e. The lowest BCUT2D eigenvalue weighted by Crippen LogP contribution is -2.44. The van der Waals surface area contributed by atoms with Gasteiger partial charge in [-0.15, -0.1) is 0 Å². The highest BCUT2D eigenvalue weighted by Crippen LogP contribution is 2.06. The summed E-state index contributed by atoms with van der Waals surface area (Å²) in [5.41, 5.74) is 0. The van der Waals surface area contributed by atoms with E-state index in [1.54, 1.807) is 0 Å². The molecule has 0 heterocycles. The lowest BCUT2D eigenvalue weighted by atomic mass is 10.2. The Hall–Kier alpha value is -0.0800. The zero-order valence-corrected chi connectivity index (χ0v) is 11.7. The fourth-order valence-electron chi connectivity index (χ4n) is 2.14. The van der Waals surface area contributed by atoms with Crippen molar-refractivity contribution >= 4 is 0 Å². The van der Waals surface area contributed by atoms with E-state index in [0.29, 0.717) is 18.1 Å². The normalized spacial score (nSPS) is 12.8. The molecule has 0 aromatic carbocycles. The Morgan fingerprint density at radius 2 is 1.20 bits per heavy atom. The molecule has 0 aliphatic rings. The van der Waals surface area contributed by atoms with Crippen molar-refractivity contribution < 1.29 is 0 Å². The Kier molecular flexibility index (Phi) is 7.20. The van der Waals surface area contributed by atoms with Gasteiger partial charge in [-0.2, -0.15) is 0 Å². The molecule has 0 atom stereocenters. The quantitative estimate of drug-likeness (QED) is 0.643. The van der Waals surface area contributed by atoms with Gasteiger partial charge in [-0.05, 0) is 48.1 Å². The van der Waals surface area contributed by atoms with Crippen molar-refractivity contribution in [2.24, 2.45) is 0 Å². The summed E-state index contributed by atoms with van der Waals surface area (Å²) in [6.45, 7) is 19.5. The van der Waals surface area contributed by atoms with E-state index in [0.717, 1.165) is 6.54 Å². The van der Waals surface area contributed by atoms with E-state index in [-0.39, 0.29) is 0 Å². The van der Waals surface area contributed by atoms with Crippen LogP contribution in [0.1, 0.15) is 48.5 Å². The van der Waals surface area contributed by atoms with Crippen LogP contribution in [0.25, 0.3) is 0 Å². The molecular weight excluding hydrogens is 184 g/mol. The molecular formula is C13H30N2. The minimum Gasteiger partial charge on any atom is -0.300 e. The minimum atomic E-state index is 0.649. The molecule has 0 aromatic rings. The van der Waals surface area contributed by atoms with Gasteiger partial charge in [-0.3, -0.25) is 9.80 Å². The van der Waals surface area contributed by atoms with Crippen LogP contribution in [0, 0.1) is 0 Å². The lowest BCUT2D eigenvalue weighted by molar-refractivity contribution is 0.133. The van der Waals surface area contributed by atoms with Crippen LogP contribution in [0.4, 0.5) is 0 Å². The standard InChI is InChI=1S/C13H30N2/c1-8-14(11(2)3)9-10-15(12(4)5)13(6)7/h11-13H,8-10H2,1-7H3. The van der Waals surface area contributed by atoms with Crippen LogP contribution in [0.2, 0.25) is 0 Å². The summed E-state index contributed by atoms with van der Waals surface area (Å²) >= 11 is 0. The number of nitrogens with zero attached hydrogens (tertiary/aromatic N) is 2. The van der Waals surface area contributed by atoms with E-state index in [1.165, 1.54) is 13.1 Å². The third-order valence-electron chi connectivity index (χ3n) is 3.11. The van der Waals surface area contributed by atoms with Crippen molar-refractivity contribution in [1.29, 1.82) is 0 Å². The summed E-state index contributed by atoms with van der Waals surface area (Å²) in [4.78, 5) is 5.09. The maximum absolute atomic E-state index is 2.56. The van der Waals surface area contributed by atoms with Crippen molar-refractivity contribution in [3.63, 3.8) is 0 Å². The SMILES string of the molecule is CCN(CCN(C(C)C)C(C)C)C(C)C. The molecule has 0 fully saturated rings. The van der Waals surface area contributed by atoms with Crippen molar-refractivity contribution in [2.75, 3.05) is 19.6 Å². The molecule has 15 heavy (non-hydrogen) atoms. The molecule has 92 valence electrons. The van der Waals surface area contributed by atoms with Gasteiger partial charge in [-0.25, -0.2) is 0 Å². The first-order valence-electron chi connectivity index (χ1n) is 6.39.